The van der Waals surface area contributed by atoms with Crippen molar-refractivity contribution in [3.05, 3.63) is 135 Å². The Balaban J connectivity index is 1.34. The van der Waals surface area contributed by atoms with Gasteiger partial charge in [-0.2, -0.15) is 5.26 Å². The van der Waals surface area contributed by atoms with Crippen LogP contribution in [0.3, 0.4) is 0 Å². The van der Waals surface area contributed by atoms with E-state index in [4.69, 9.17) is 21.1 Å². The van der Waals surface area contributed by atoms with Crippen molar-refractivity contribution in [3.63, 3.8) is 0 Å². The first-order valence-corrected chi connectivity index (χ1v) is 17.5. The van der Waals surface area contributed by atoms with E-state index >= 15 is 0 Å². The standard InChI is InChI=1S/C42H45ClN4O3/c1-4-5-16-45-23-31-12-14-34(15-13-31)37-9-7-11-39(30(37)3)38-10-6-8-35(29(38)2)28-50-42-21-41(36(20-40(42)43)26-46-17-18-48)49-27-33-19-32(22-44)24-47-25-33/h6-15,19-21,24-25,45-46,48H,4-5,16-18,23,26-28H2,1-3H3. The van der Waals surface area contributed by atoms with Crippen molar-refractivity contribution in [2.24, 2.45) is 0 Å². The number of rotatable bonds is 17. The predicted molar refractivity (Wildman–Crippen MR) is 201 cm³/mol. The highest BCUT2D eigenvalue weighted by atomic mass is 35.5. The van der Waals surface area contributed by atoms with Crippen LogP contribution in [0.25, 0.3) is 22.3 Å². The molecule has 8 heteroatoms. The summed E-state index contributed by atoms with van der Waals surface area (Å²) in [6.07, 6.45) is 5.58. The molecule has 0 aliphatic carbocycles. The van der Waals surface area contributed by atoms with E-state index in [1.54, 1.807) is 18.3 Å². The molecule has 0 amide bonds. The van der Waals surface area contributed by atoms with Gasteiger partial charge in [-0.1, -0.05) is 85.6 Å². The fraction of sp³-hybridized carbons (Fsp3) is 0.286. The van der Waals surface area contributed by atoms with Crippen molar-refractivity contribution in [2.75, 3.05) is 19.7 Å². The lowest BCUT2D eigenvalue weighted by Crippen LogP contribution is -2.18. The molecule has 0 spiro atoms. The van der Waals surface area contributed by atoms with Crippen LogP contribution in [0.2, 0.25) is 5.02 Å². The molecule has 0 aliphatic rings. The molecular formula is C42H45ClN4O3. The Morgan fingerprint density at radius 2 is 1.48 bits per heavy atom. The van der Waals surface area contributed by atoms with E-state index < -0.39 is 0 Å². The van der Waals surface area contributed by atoms with E-state index in [-0.39, 0.29) is 13.2 Å². The number of aliphatic hydroxyl groups excluding tert-OH is 1. The van der Waals surface area contributed by atoms with Gasteiger partial charge in [0.15, 0.2) is 0 Å². The maximum atomic E-state index is 9.26. The summed E-state index contributed by atoms with van der Waals surface area (Å²) in [4.78, 5) is 4.13. The third-order valence-electron chi connectivity index (χ3n) is 8.79. The molecule has 4 aromatic carbocycles. The SMILES string of the molecule is CCCCNCc1ccc(-c2cccc(-c3cccc(COc4cc(OCc5cncc(C#N)c5)c(CNCCO)cc4Cl)c3C)c2C)cc1. The first kappa shape index (κ1) is 36.6. The lowest BCUT2D eigenvalue weighted by molar-refractivity contribution is 0.282. The first-order valence-electron chi connectivity index (χ1n) is 17.1. The van der Waals surface area contributed by atoms with E-state index in [0.29, 0.717) is 41.8 Å². The number of hydrogen-bond donors (Lipinski definition) is 3. The molecule has 5 rings (SSSR count). The van der Waals surface area contributed by atoms with Crippen LogP contribution in [0, 0.1) is 25.2 Å². The maximum absolute atomic E-state index is 9.26. The minimum Gasteiger partial charge on any atom is -0.488 e. The largest absolute Gasteiger partial charge is 0.488 e. The molecule has 0 saturated carbocycles. The Morgan fingerprint density at radius 3 is 2.24 bits per heavy atom. The van der Waals surface area contributed by atoms with Crippen molar-refractivity contribution in [1.29, 1.82) is 5.26 Å². The Hall–Kier alpha value is -4.71. The Labute approximate surface area is 300 Å². The van der Waals surface area contributed by atoms with Gasteiger partial charge in [-0.25, -0.2) is 0 Å². The minimum atomic E-state index is 0.0181. The number of unbranched alkanes of at least 4 members (excludes halogenated alkanes) is 1. The summed E-state index contributed by atoms with van der Waals surface area (Å²) in [6, 6.07) is 29.2. The molecule has 258 valence electrons. The van der Waals surface area contributed by atoms with Crippen molar-refractivity contribution < 1.29 is 14.6 Å². The topological polar surface area (TPSA) is 99.4 Å². The normalized spacial score (nSPS) is 11.0. The predicted octanol–water partition coefficient (Wildman–Crippen LogP) is 8.69. The van der Waals surface area contributed by atoms with Crippen LogP contribution >= 0.6 is 11.6 Å². The van der Waals surface area contributed by atoms with Gasteiger partial charge in [0.1, 0.15) is 30.8 Å². The molecule has 0 atom stereocenters. The molecule has 0 bridgehead atoms. The van der Waals surface area contributed by atoms with Gasteiger partial charge < -0.3 is 25.2 Å². The fourth-order valence-electron chi connectivity index (χ4n) is 5.91. The molecular weight excluding hydrogens is 644 g/mol. The van der Waals surface area contributed by atoms with Crippen molar-refractivity contribution in [3.8, 4) is 39.8 Å². The minimum absolute atomic E-state index is 0.0181. The summed E-state index contributed by atoms with van der Waals surface area (Å²) in [5.74, 6) is 1.10. The Morgan fingerprint density at radius 1 is 0.760 bits per heavy atom. The van der Waals surface area contributed by atoms with Crippen LogP contribution < -0.4 is 20.1 Å². The Kier molecular flexibility index (Phi) is 13.4. The molecule has 0 radical (unpaired) electrons. The molecule has 50 heavy (non-hydrogen) atoms. The van der Waals surface area contributed by atoms with Gasteiger partial charge in [-0.05, 0) is 83.5 Å². The molecule has 3 N–H and O–H groups in total. The maximum Gasteiger partial charge on any atom is 0.142 e. The molecule has 0 aliphatic heterocycles. The zero-order valence-electron chi connectivity index (χ0n) is 29.1. The van der Waals surface area contributed by atoms with Gasteiger partial charge in [0.05, 0.1) is 17.2 Å². The summed E-state index contributed by atoms with van der Waals surface area (Å²) in [6.45, 7) is 9.91. The number of nitrogens with zero attached hydrogens (tertiary/aromatic N) is 2. The van der Waals surface area contributed by atoms with Crippen LogP contribution in [0.5, 0.6) is 11.5 Å². The number of halogens is 1. The monoisotopic (exact) mass is 688 g/mol. The molecule has 1 aromatic heterocycles. The number of pyridine rings is 1. The Bertz CT molecular complexity index is 1920. The van der Waals surface area contributed by atoms with Crippen LogP contribution in [0.15, 0.2) is 91.3 Å². The van der Waals surface area contributed by atoms with Gasteiger partial charge in [-0.3, -0.25) is 4.98 Å². The third kappa shape index (κ3) is 9.50. The summed E-state index contributed by atoms with van der Waals surface area (Å²) < 4.78 is 12.5. The van der Waals surface area contributed by atoms with Crippen molar-refractivity contribution in [1.82, 2.24) is 15.6 Å². The summed E-state index contributed by atoms with van der Waals surface area (Å²) in [7, 11) is 0. The number of hydrogen-bond acceptors (Lipinski definition) is 7. The smallest absolute Gasteiger partial charge is 0.142 e. The third-order valence-corrected chi connectivity index (χ3v) is 9.09. The van der Waals surface area contributed by atoms with Gasteiger partial charge >= 0.3 is 0 Å². The average molecular weight is 689 g/mol. The zero-order chi connectivity index (χ0) is 35.3. The molecule has 0 unspecified atom stereocenters. The summed E-state index contributed by atoms with van der Waals surface area (Å²) >= 11 is 6.74. The van der Waals surface area contributed by atoms with Gasteiger partial charge in [-0.15, -0.1) is 0 Å². The average Bonchev–Trinajstić information content (AvgIpc) is 3.14. The number of nitrogens with one attached hydrogen (secondary N) is 2. The number of aromatic nitrogens is 1. The van der Waals surface area contributed by atoms with E-state index in [1.165, 1.54) is 46.9 Å². The second kappa shape index (κ2) is 18.3. The molecule has 7 nitrogen and oxygen atoms in total. The number of ether oxygens (including phenoxy) is 2. The lowest BCUT2D eigenvalue weighted by Gasteiger charge is -2.18. The highest BCUT2D eigenvalue weighted by molar-refractivity contribution is 6.32. The van der Waals surface area contributed by atoms with Crippen LogP contribution in [-0.4, -0.2) is 29.8 Å². The summed E-state index contributed by atoms with van der Waals surface area (Å²) in [5, 5.41) is 25.7. The van der Waals surface area contributed by atoms with Crippen LogP contribution in [0.1, 0.15) is 58.7 Å². The second-order valence-corrected chi connectivity index (χ2v) is 12.8. The lowest BCUT2D eigenvalue weighted by atomic mass is 9.89. The van der Waals surface area contributed by atoms with Crippen molar-refractivity contribution in [2.45, 2.75) is 59.9 Å². The van der Waals surface area contributed by atoms with E-state index in [2.05, 4.69) is 103 Å². The van der Waals surface area contributed by atoms with Gasteiger partial charge in [0, 0.05) is 49.2 Å². The highest BCUT2D eigenvalue weighted by Crippen LogP contribution is 2.37. The van der Waals surface area contributed by atoms with Crippen LogP contribution in [-0.2, 0) is 26.3 Å². The zero-order valence-corrected chi connectivity index (χ0v) is 29.8. The van der Waals surface area contributed by atoms with Crippen molar-refractivity contribution >= 4 is 11.6 Å². The second-order valence-electron chi connectivity index (χ2n) is 12.4. The number of benzene rings is 4. The van der Waals surface area contributed by atoms with E-state index in [0.717, 1.165) is 40.9 Å². The van der Waals surface area contributed by atoms with E-state index in [9.17, 15) is 10.4 Å². The van der Waals surface area contributed by atoms with E-state index in [1.807, 2.05) is 6.07 Å². The molecule has 5 aromatic rings. The van der Waals surface area contributed by atoms with Crippen LogP contribution in [0.4, 0.5) is 0 Å². The number of nitriles is 1. The molecule has 1 heterocycles. The quantitative estimate of drug-likeness (QED) is 0.0841. The first-order chi connectivity index (χ1) is 24.4. The van der Waals surface area contributed by atoms with Gasteiger partial charge in [0.2, 0.25) is 0 Å². The molecule has 0 saturated heterocycles. The fourth-order valence-corrected chi connectivity index (χ4v) is 6.15. The van der Waals surface area contributed by atoms with Gasteiger partial charge in [0.25, 0.3) is 0 Å². The number of aliphatic hydroxyl groups is 1. The molecule has 0 fully saturated rings. The highest BCUT2D eigenvalue weighted by Gasteiger charge is 2.15. The summed E-state index contributed by atoms with van der Waals surface area (Å²) in [5.41, 5.74) is 11.6.